The van der Waals surface area contributed by atoms with Crippen LogP contribution < -0.4 is 10.1 Å². The Bertz CT molecular complexity index is 431. The smallest absolute Gasteiger partial charge is 0.178 e. The number of thiocarbonyl (C=S) groups is 1. The molecule has 0 aliphatic carbocycles. The van der Waals surface area contributed by atoms with E-state index in [0.29, 0.717) is 5.92 Å². The Balaban J connectivity index is 2.10. The van der Waals surface area contributed by atoms with Gasteiger partial charge in [-0.15, -0.1) is 0 Å². The van der Waals surface area contributed by atoms with Crippen molar-refractivity contribution in [2.24, 2.45) is 0 Å². The average Bonchev–Trinajstić information content (AvgIpc) is 2.15. The average molecular weight is 219 g/mol. The van der Waals surface area contributed by atoms with E-state index in [4.69, 9.17) is 17.0 Å². The predicted molar refractivity (Wildman–Crippen MR) is 63.2 cm³/mol. The van der Waals surface area contributed by atoms with Gasteiger partial charge in [-0.2, -0.15) is 0 Å². The van der Waals surface area contributed by atoms with Crippen LogP contribution in [-0.4, -0.2) is 10.7 Å². The maximum Gasteiger partial charge on any atom is 0.178 e. The number of piperidine rings is 1. The number of ether oxygens (including phenoxy) is 1. The van der Waals surface area contributed by atoms with Crippen LogP contribution in [0.5, 0.6) is 5.75 Å². The van der Waals surface area contributed by atoms with Crippen molar-refractivity contribution in [1.29, 1.82) is 0 Å². The van der Waals surface area contributed by atoms with Gasteiger partial charge in [-0.05, 0) is 24.5 Å². The monoisotopic (exact) mass is 219 g/mol. The molecule has 2 atom stereocenters. The first-order valence-corrected chi connectivity index (χ1v) is 5.66. The molecular weight excluding hydrogens is 206 g/mol. The summed E-state index contributed by atoms with van der Waals surface area (Å²) < 4.78 is 5.96. The molecule has 0 aromatic heterocycles. The van der Waals surface area contributed by atoms with Crippen molar-refractivity contribution in [3.63, 3.8) is 0 Å². The minimum atomic E-state index is -0.297. The van der Waals surface area contributed by atoms with Gasteiger partial charge in [-0.1, -0.05) is 30.4 Å². The minimum absolute atomic E-state index is 0.297. The summed E-state index contributed by atoms with van der Waals surface area (Å²) in [6.45, 7) is 2.07. The van der Waals surface area contributed by atoms with Crippen molar-refractivity contribution in [2.75, 3.05) is 0 Å². The molecule has 1 aromatic carbocycles. The minimum Gasteiger partial charge on any atom is -0.468 e. The first-order chi connectivity index (χ1) is 7.16. The molecule has 0 saturated carbocycles. The number of rotatable bonds is 0. The van der Waals surface area contributed by atoms with Crippen LogP contribution in [0.2, 0.25) is 0 Å². The Morgan fingerprint density at radius 1 is 1.47 bits per heavy atom. The van der Waals surface area contributed by atoms with Crippen molar-refractivity contribution in [1.82, 2.24) is 5.32 Å². The van der Waals surface area contributed by atoms with Crippen molar-refractivity contribution in [2.45, 2.75) is 31.4 Å². The molecule has 2 bridgehead atoms. The maximum absolute atomic E-state index is 5.96. The van der Waals surface area contributed by atoms with Crippen LogP contribution in [0.25, 0.3) is 0 Å². The second kappa shape index (κ2) is 2.95. The molecule has 78 valence electrons. The highest BCUT2D eigenvalue weighted by Gasteiger charge is 2.41. The normalized spacial score (nSPS) is 32.6. The third-order valence-corrected chi connectivity index (χ3v) is 3.43. The van der Waals surface area contributed by atoms with Gasteiger partial charge >= 0.3 is 0 Å². The molecule has 1 N–H and O–H groups in total. The van der Waals surface area contributed by atoms with E-state index in [9.17, 15) is 0 Å². The summed E-state index contributed by atoms with van der Waals surface area (Å²) in [6, 6.07) is 8.26. The SMILES string of the molecule is CC12CC(CC(=S)N1)c1ccccc1O2. The van der Waals surface area contributed by atoms with Crippen LogP contribution >= 0.6 is 12.2 Å². The van der Waals surface area contributed by atoms with Crippen molar-refractivity contribution in [3.05, 3.63) is 29.8 Å². The quantitative estimate of drug-likeness (QED) is 0.678. The Kier molecular flexibility index (Phi) is 1.80. The summed E-state index contributed by atoms with van der Waals surface area (Å²) >= 11 is 5.27. The first-order valence-electron chi connectivity index (χ1n) is 5.25. The molecule has 0 amide bonds. The van der Waals surface area contributed by atoms with Crippen molar-refractivity contribution < 1.29 is 4.74 Å². The molecule has 3 heteroatoms. The zero-order valence-corrected chi connectivity index (χ0v) is 9.43. The molecule has 2 aliphatic heterocycles. The number of hydrogen-bond acceptors (Lipinski definition) is 2. The Morgan fingerprint density at radius 3 is 3.13 bits per heavy atom. The molecule has 1 fully saturated rings. The topological polar surface area (TPSA) is 21.3 Å². The van der Waals surface area contributed by atoms with Gasteiger partial charge in [0.05, 0.1) is 4.99 Å². The zero-order chi connectivity index (χ0) is 10.5. The largest absolute Gasteiger partial charge is 0.468 e. The van der Waals surface area contributed by atoms with Gasteiger partial charge in [0.2, 0.25) is 0 Å². The Labute approximate surface area is 94.6 Å². The molecule has 2 nitrogen and oxygen atoms in total. The lowest BCUT2D eigenvalue weighted by Crippen LogP contribution is -2.56. The van der Waals surface area contributed by atoms with Crippen LogP contribution in [0.1, 0.15) is 31.2 Å². The van der Waals surface area contributed by atoms with Gasteiger partial charge in [-0.3, -0.25) is 0 Å². The highest BCUT2D eigenvalue weighted by atomic mass is 32.1. The van der Waals surface area contributed by atoms with Crippen LogP contribution in [0.3, 0.4) is 0 Å². The second-order valence-electron chi connectivity index (χ2n) is 4.52. The van der Waals surface area contributed by atoms with E-state index >= 15 is 0 Å². The van der Waals surface area contributed by atoms with E-state index < -0.39 is 0 Å². The van der Waals surface area contributed by atoms with E-state index in [1.54, 1.807) is 0 Å². The molecule has 3 rings (SSSR count). The van der Waals surface area contributed by atoms with E-state index in [2.05, 4.69) is 24.4 Å². The van der Waals surface area contributed by atoms with Crippen LogP contribution in [0.4, 0.5) is 0 Å². The fourth-order valence-electron chi connectivity index (χ4n) is 2.60. The Morgan fingerprint density at radius 2 is 2.27 bits per heavy atom. The first kappa shape index (κ1) is 9.16. The fourth-order valence-corrected chi connectivity index (χ4v) is 3.02. The molecule has 1 aromatic rings. The number of hydrogen-bond donors (Lipinski definition) is 1. The molecule has 1 saturated heterocycles. The standard InChI is InChI=1S/C12H13NOS/c1-12-7-8(6-11(15)13-12)9-4-2-3-5-10(9)14-12/h2-5,8H,6-7H2,1H3,(H,13,15). The summed E-state index contributed by atoms with van der Waals surface area (Å²) in [7, 11) is 0. The van der Waals surface area contributed by atoms with E-state index in [1.165, 1.54) is 5.56 Å². The lowest BCUT2D eigenvalue weighted by Gasteiger charge is -2.45. The van der Waals surface area contributed by atoms with Gasteiger partial charge in [0, 0.05) is 12.8 Å². The van der Waals surface area contributed by atoms with Gasteiger partial charge < -0.3 is 10.1 Å². The summed E-state index contributed by atoms with van der Waals surface area (Å²) in [6.07, 6.45) is 1.95. The van der Waals surface area contributed by atoms with Crippen molar-refractivity contribution >= 4 is 17.2 Å². The zero-order valence-electron chi connectivity index (χ0n) is 8.62. The Hall–Kier alpha value is -1.09. The van der Waals surface area contributed by atoms with E-state index in [-0.39, 0.29) is 5.72 Å². The highest BCUT2D eigenvalue weighted by Crippen LogP contribution is 2.43. The molecule has 15 heavy (non-hydrogen) atoms. The van der Waals surface area contributed by atoms with Crippen LogP contribution in [0, 0.1) is 0 Å². The maximum atomic E-state index is 5.96. The summed E-state index contributed by atoms with van der Waals surface area (Å²) in [5, 5.41) is 3.27. The number of benzene rings is 1. The van der Waals surface area contributed by atoms with Crippen LogP contribution in [-0.2, 0) is 0 Å². The lowest BCUT2D eigenvalue weighted by molar-refractivity contribution is 0.0304. The van der Waals surface area contributed by atoms with Crippen molar-refractivity contribution in [3.8, 4) is 5.75 Å². The van der Waals surface area contributed by atoms with Crippen LogP contribution in [0.15, 0.2) is 24.3 Å². The molecule has 2 aliphatic rings. The molecule has 2 unspecified atom stereocenters. The predicted octanol–water partition coefficient (Wildman–Crippen LogP) is 2.59. The molecular formula is C12H13NOS. The highest BCUT2D eigenvalue weighted by molar-refractivity contribution is 7.80. The van der Waals surface area contributed by atoms with Gasteiger partial charge in [0.1, 0.15) is 5.75 Å². The van der Waals surface area contributed by atoms with Gasteiger partial charge in [0.25, 0.3) is 0 Å². The summed E-state index contributed by atoms with van der Waals surface area (Å²) in [5.74, 6) is 1.53. The van der Waals surface area contributed by atoms with Gasteiger partial charge in [-0.25, -0.2) is 0 Å². The summed E-state index contributed by atoms with van der Waals surface area (Å²) in [5.41, 5.74) is 1.01. The van der Waals surface area contributed by atoms with E-state index in [1.807, 2.05) is 12.1 Å². The molecule has 0 spiro atoms. The third-order valence-electron chi connectivity index (χ3n) is 3.17. The fraction of sp³-hybridized carbons (Fsp3) is 0.417. The number of fused-ring (bicyclic) bond motifs is 4. The lowest BCUT2D eigenvalue weighted by atomic mass is 9.82. The van der Waals surface area contributed by atoms with Gasteiger partial charge in [0.15, 0.2) is 5.72 Å². The second-order valence-corrected chi connectivity index (χ2v) is 5.02. The van der Waals surface area contributed by atoms with E-state index in [0.717, 1.165) is 23.6 Å². The molecule has 0 radical (unpaired) electrons. The third kappa shape index (κ3) is 1.42. The summed E-state index contributed by atoms with van der Waals surface area (Å²) in [4.78, 5) is 0.920. The molecule has 2 heterocycles. The number of para-hydroxylation sites is 1. The number of nitrogens with one attached hydrogen (secondary N) is 1.